The van der Waals surface area contributed by atoms with Crippen molar-refractivity contribution in [1.29, 1.82) is 0 Å². The molecule has 0 spiro atoms. The van der Waals surface area contributed by atoms with Gasteiger partial charge in [0.2, 0.25) is 0 Å². The zero-order valence-electron chi connectivity index (χ0n) is 18.4. The second kappa shape index (κ2) is 9.51. The predicted molar refractivity (Wildman–Crippen MR) is 130 cm³/mol. The first-order valence-corrected chi connectivity index (χ1v) is 12.9. The maximum absolute atomic E-state index is 7.44. The van der Waals surface area contributed by atoms with Gasteiger partial charge in [0.1, 0.15) is 0 Å². The van der Waals surface area contributed by atoms with Crippen molar-refractivity contribution in [3.8, 4) is 0 Å². The van der Waals surface area contributed by atoms with Crippen LogP contribution in [0.4, 0.5) is 0 Å². The third kappa shape index (κ3) is 4.24. The molecule has 0 amide bonds. The number of nitrogens with one attached hydrogen (secondary N) is 1. The van der Waals surface area contributed by atoms with Crippen molar-refractivity contribution >= 4 is 31.1 Å². The van der Waals surface area contributed by atoms with E-state index >= 15 is 0 Å². The Bertz CT molecular complexity index is 756. The Morgan fingerprint density at radius 3 is 1.87 bits per heavy atom. The second-order valence-corrected chi connectivity index (χ2v) is 13.9. The van der Waals surface area contributed by atoms with Gasteiger partial charge in [0.25, 0.3) is 8.32 Å². The number of hydrazine groups is 1. The van der Waals surface area contributed by atoms with E-state index < -0.39 is 8.32 Å². The highest BCUT2D eigenvalue weighted by atomic mass is 35.5. The zero-order chi connectivity index (χ0) is 20.5. The highest BCUT2D eigenvalue weighted by Gasteiger charge is 2.54. The minimum Gasteiger partial charge on any atom is -0.403 e. The van der Waals surface area contributed by atoms with E-state index in [1.54, 1.807) is 0 Å². The minimum atomic E-state index is -2.53. The van der Waals surface area contributed by atoms with E-state index in [0.717, 1.165) is 12.8 Å². The van der Waals surface area contributed by atoms with E-state index in [1.165, 1.54) is 29.9 Å². The molecule has 0 aromatic heterocycles. The summed E-state index contributed by atoms with van der Waals surface area (Å²) in [4.78, 5) is 2.60. The highest BCUT2D eigenvalue weighted by Crippen LogP contribution is 2.41. The normalized spacial score (nSPS) is 24.9. The molecule has 1 unspecified atom stereocenters. The molecule has 3 N–H and O–H groups in total. The molecule has 4 nitrogen and oxygen atoms in total. The number of likely N-dealkylation sites (tertiary alicyclic amines) is 1. The average molecular weight is 446 g/mol. The number of halogens is 1. The summed E-state index contributed by atoms with van der Waals surface area (Å²) >= 11 is 0. The molecule has 1 aliphatic carbocycles. The van der Waals surface area contributed by atoms with Crippen molar-refractivity contribution in [3.05, 3.63) is 60.7 Å². The minimum absolute atomic E-state index is 0. The molecular formula is C24H36ClN3OSi. The van der Waals surface area contributed by atoms with Gasteiger partial charge in [0.05, 0.1) is 6.10 Å². The highest BCUT2D eigenvalue weighted by molar-refractivity contribution is 6.99. The zero-order valence-corrected chi connectivity index (χ0v) is 20.2. The molecule has 0 radical (unpaired) electrons. The van der Waals surface area contributed by atoms with Gasteiger partial charge in [-0.05, 0) is 47.8 Å². The van der Waals surface area contributed by atoms with Crippen molar-refractivity contribution in [2.45, 2.75) is 63.3 Å². The lowest BCUT2D eigenvalue weighted by Gasteiger charge is -2.47. The summed E-state index contributed by atoms with van der Waals surface area (Å²) in [7, 11) is -2.53. The van der Waals surface area contributed by atoms with Crippen LogP contribution in [-0.2, 0) is 4.43 Å². The predicted octanol–water partition coefficient (Wildman–Crippen LogP) is 3.05. The fraction of sp³-hybridized carbons (Fsp3) is 0.500. The molecule has 2 aromatic rings. The smallest absolute Gasteiger partial charge is 0.261 e. The Morgan fingerprint density at radius 2 is 1.47 bits per heavy atom. The van der Waals surface area contributed by atoms with Gasteiger partial charge in [0, 0.05) is 12.1 Å². The molecule has 30 heavy (non-hydrogen) atoms. The van der Waals surface area contributed by atoms with Crippen LogP contribution in [0.15, 0.2) is 60.7 Å². The number of hydrogen-bond donors (Lipinski definition) is 2. The summed E-state index contributed by atoms with van der Waals surface area (Å²) < 4.78 is 7.44. The van der Waals surface area contributed by atoms with Crippen LogP contribution in [0.3, 0.4) is 0 Å². The van der Waals surface area contributed by atoms with Gasteiger partial charge in [-0.25, -0.2) is 0 Å². The van der Waals surface area contributed by atoms with Crippen LogP contribution in [0.2, 0.25) is 5.04 Å². The summed E-state index contributed by atoms with van der Waals surface area (Å²) in [5, 5.41) is 2.71. The summed E-state index contributed by atoms with van der Waals surface area (Å²) in [5.74, 6) is 5.88. The van der Waals surface area contributed by atoms with Crippen LogP contribution in [0, 0.1) is 0 Å². The van der Waals surface area contributed by atoms with Gasteiger partial charge in [-0.3, -0.25) is 16.2 Å². The first-order valence-electron chi connectivity index (χ1n) is 10.9. The lowest BCUT2D eigenvalue weighted by molar-refractivity contribution is 0.0423. The molecule has 0 bridgehead atoms. The molecule has 3 atom stereocenters. The number of rotatable bonds is 6. The van der Waals surface area contributed by atoms with Crippen LogP contribution in [0.1, 0.15) is 40.0 Å². The second-order valence-electron chi connectivity index (χ2n) is 9.61. The molecule has 1 saturated heterocycles. The first kappa shape index (κ1) is 23.5. The van der Waals surface area contributed by atoms with E-state index in [9.17, 15) is 0 Å². The molecule has 2 aromatic carbocycles. The Labute approximate surface area is 188 Å². The maximum Gasteiger partial charge on any atom is 0.261 e. The fourth-order valence-corrected chi connectivity index (χ4v) is 9.94. The topological polar surface area (TPSA) is 50.5 Å². The van der Waals surface area contributed by atoms with Crippen molar-refractivity contribution in [2.75, 3.05) is 13.1 Å². The summed E-state index contributed by atoms with van der Waals surface area (Å²) in [5.41, 5.74) is 3.04. The lowest BCUT2D eigenvalue weighted by atomic mass is 10.1. The molecule has 2 fully saturated rings. The van der Waals surface area contributed by atoms with Crippen LogP contribution in [-0.4, -0.2) is 44.5 Å². The van der Waals surface area contributed by atoms with E-state index in [1.807, 2.05) is 0 Å². The summed E-state index contributed by atoms with van der Waals surface area (Å²) in [6.07, 6.45) is 3.53. The van der Waals surface area contributed by atoms with Crippen LogP contribution in [0.25, 0.3) is 0 Å². The Balaban J connectivity index is 0.00000256. The molecule has 164 valence electrons. The average Bonchev–Trinajstić information content (AvgIpc) is 3.07. The standard InChI is InChI=1S/C24H35N3OSi.ClH/c1-24(2,3)29(20-11-6-4-7-12-20,21-13-8-5-9-14-21)28-23-18-19(26-25)17-22(23)27-15-10-16-27;/h4-9,11-14,19,22-23,26H,10,15-18,25H2,1-3H3;1H/t19?,22-,23-;/m0./s1. The quantitative estimate of drug-likeness (QED) is 0.407. The van der Waals surface area contributed by atoms with Crippen LogP contribution < -0.4 is 21.6 Å². The first-order chi connectivity index (χ1) is 14.0. The van der Waals surface area contributed by atoms with E-state index in [2.05, 4.69) is 91.8 Å². The third-order valence-electron chi connectivity index (χ3n) is 6.81. The van der Waals surface area contributed by atoms with Crippen LogP contribution >= 0.6 is 12.4 Å². The Morgan fingerprint density at radius 1 is 0.933 bits per heavy atom. The van der Waals surface area contributed by atoms with E-state index in [4.69, 9.17) is 10.3 Å². The van der Waals surface area contributed by atoms with Gasteiger partial charge in [-0.1, -0.05) is 81.4 Å². The van der Waals surface area contributed by atoms with Crippen molar-refractivity contribution < 1.29 is 4.43 Å². The molecule has 1 saturated carbocycles. The molecule has 1 aliphatic heterocycles. The number of nitrogens with zero attached hydrogens (tertiary/aromatic N) is 1. The van der Waals surface area contributed by atoms with Gasteiger partial charge in [-0.2, -0.15) is 0 Å². The number of nitrogens with two attached hydrogens (primary N) is 1. The lowest BCUT2D eigenvalue weighted by Crippen LogP contribution is -2.69. The fourth-order valence-electron chi connectivity index (χ4n) is 5.21. The van der Waals surface area contributed by atoms with E-state index in [-0.39, 0.29) is 23.5 Å². The SMILES string of the molecule is CC(C)(C)[Si](O[C@H]1CC(NN)C[C@@H]1N1CCC1)(c1ccccc1)c1ccccc1.Cl. The number of hydrogen-bond acceptors (Lipinski definition) is 4. The monoisotopic (exact) mass is 445 g/mol. The Hall–Kier alpha value is -1.21. The third-order valence-corrected chi connectivity index (χ3v) is 11.9. The van der Waals surface area contributed by atoms with Gasteiger partial charge >= 0.3 is 0 Å². The summed E-state index contributed by atoms with van der Waals surface area (Å²) in [6, 6.07) is 22.7. The van der Waals surface area contributed by atoms with E-state index in [0.29, 0.717) is 12.1 Å². The molecular weight excluding hydrogens is 410 g/mol. The summed E-state index contributed by atoms with van der Waals surface area (Å²) in [6.45, 7) is 9.42. The van der Waals surface area contributed by atoms with Crippen molar-refractivity contribution in [1.82, 2.24) is 10.3 Å². The van der Waals surface area contributed by atoms with Gasteiger partial charge in [0.15, 0.2) is 0 Å². The van der Waals surface area contributed by atoms with Gasteiger partial charge < -0.3 is 4.43 Å². The van der Waals surface area contributed by atoms with Crippen LogP contribution in [0.5, 0.6) is 0 Å². The molecule has 1 heterocycles. The Kier molecular flexibility index (Phi) is 7.43. The van der Waals surface area contributed by atoms with Crippen molar-refractivity contribution in [3.63, 3.8) is 0 Å². The molecule has 2 aliphatic rings. The molecule has 4 rings (SSSR count). The molecule has 6 heteroatoms. The van der Waals surface area contributed by atoms with Crippen molar-refractivity contribution in [2.24, 2.45) is 5.84 Å². The van der Waals surface area contributed by atoms with Gasteiger partial charge in [-0.15, -0.1) is 12.4 Å². The largest absolute Gasteiger partial charge is 0.403 e. The number of benzene rings is 2. The maximum atomic E-state index is 7.44.